The van der Waals surface area contributed by atoms with Crippen LogP contribution < -0.4 is 0 Å². The zero-order valence-corrected chi connectivity index (χ0v) is 14.1. The van der Waals surface area contributed by atoms with Crippen molar-refractivity contribution in [2.24, 2.45) is 0 Å². The molecule has 0 radical (unpaired) electrons. The van der Waals surface area contributed by atoms with Crippen molar-refractivity contribution >= 4 is 0 Å². The molecule has 1 fully saturated rings. The van der Waals surface area contributed by atoms with Crippen LogP contribution in [-0.2, 0) is 17.7 Å². The fourth-order valence-electron chi connectivity index (χ4n) is 3.28. The molecule has 0 aliphatic carbocycles. The lowest BCUT2D eigenvalue weighted by Crippen LogP contribution is -2.11. The molecule has 1 saturated heterocycles. The van der Waals surface area contributed by atoms with Crippen molar-refractivity contribution in [1.29, 1.82) is 0 Å². The molecule has 136 valence electrons. The number of benzene rings is 1. The van der Waals surface area contributed by atoms with E-state index in [1.54, 1.807) is 18.3 Å². The number of unbranched alkanes of at least 4 members (excludes halogenated alkanes) is 1. The largest absolute Gasteiger partial charge is 0.393 e. The molecular formula is C19H23F3N2O. The second-order valence-corrected chi connectivity index (χ2v) is 6.56. The van der Waals surface area contributed by atoms with Gasteiger partial charge in [0, 0.05) is 31.1 Å². The lowest BCUT2D eigenvalue weighted by molar-refractivity contribution is -0.127. The number of aryl methyl sites for hydroxylation is 1. The van der Waals surface area contributed by atoms with Crippen LogP contribution >= 0.6 is 0 Å². The third kappa shape index (κ3) is 5.33. The highest BCUT2D eigenvalue weighted by molar-refractivity contribution is 5.56. The molecule has 1 aromatic heterocycles. The monoisotopic (exact) mass is 352 g/mol. The first-order chi connectivity index (χ1) is 12.0. The highest BCUT2D eigenvalue weighted by atomic mass is 19.4. The lowest BCUT2D eigenvalue weighted by Gasteiger charge is -2.11. The van der Waals surface area contributed by atoms with Gasteiger partial charge in [-0.2, -0.15) is 13.2 Å². The summed E-state index contributed by atoms with van der Waals surface area (Å²) in [6, 6.07) is 6.48. The average Bonchev–Trinajstić information content (AvgIpc) is 3.22. The molecule has 1 aliphatic rings. The zero-order chi connectivity index (χ0) is 17.7. The number of alkyl halides is 3. The van der Waals surface area contributed by atoms with Crippen molar-refractivity contribution in [2.45, 2.75) is 57.3 Å². The van der Waals surface area contributed by atoms with Crippen molar-refractivity contribution in [2.75, 3.05) is 6.61 Å². The number of hydrogen-bond acceptors (Lipinski definition) is 2. The Labute approximate surface area is 145 Å². The molecule has 6 heteroatoms. The second-order valence-electron chi connectivity index (χ2n) is 6.56. The molecule has 3 rings (SSSR count). The molecule has 1 unspecified atom stereocenters. The highest BCUT2D eigenvalue weighted by Crippen LogP contribution is 2.24. The maximum absolute atomic E-state index is 12.4. The maximum atomic E-state index is 12.4. The number of rotatable bonds is 7. The van der Waals surface area contributed by atoms with E-state index in [0.29, 0.717) is 6.10 Å². The summed E-state index contributed by atoms with van der Waals surface area (Å²) >= 11 is 0. The predicted octanol–water partition coefficient (Wildman–Crippen LogP) is 5.00. The van der Waals surface area contributed by atoms with Crippen LogP contribution in [0.3, 0.4) is 0 Å². The van der Waals surface area contributed by atoms with Gasteiger partial charge in [0.2, 0.25) is 0 Å². The van der Waals surface area contributed by atoms with Gasteiger partial charge in [-0.05, 0) is 37.7 Å². The van der Waals surface area contributed by atoms with Gasteiger partial charge < -0.3 is 9.30 Å². The van der Waals surface area contributed by atoms with Gasteiger partial charge >= 0.3 is 6.18 Å². The summed E-state index contributed by atoms with van der Waals surface area (Å²) in [4.78, 5) is 4.36. The predicted molar refractivity (Wildman–Crippen MR) is 90.2 cm³/mol. The van der Waals surface area contributed by atoms with E-state index in [-0.39, 0.29) is 5.56 Å². The molecule has 3 nitrogen and oxygen atoms in total. The molecule has 0 spiro atoms. The molecule has 2 heterocycles. The maximum Gasteiger partial charge on any atom is 0.393 e. The summed E-state index contributed by atoms with van der Waals surface area (Å²) in [5.74, 6) is 0.802. The topological polar surface area (TPSA) is 27.1 Å². The number of aromatic nitrogens is 2. The van der Waals surface area contributed by atoms with Crippen LogP contribution in [0, 0.1) is 0 Å². The minimum Gasteiger partial charge on any atom is -0.378 e. The molecule has 1 atom stereocenters. The number of hydrogen-bond donors (Lipinski definition) is 0. The summed E-state index contributed by atoms with van der Waals surface area (Å²) in [5.41, 5.74) is 1.11. The van der Waals surface area contributed by atoms with Gasteiger partial charge in [0.25, 0.3) is 0 Å². The van der Waals surface area contributed by atoms with Gasteiger partial charge in [0.15, 0.2) is 0 Å². The Morgan fingerprint density at radius 2 is 1.96 bits per heavy atom. The van der Waals surface area contributed by atoms with Gasteiger partial charge in [-0.3, -0.25) is 0 Å². The number of imidazole rings is 1. The first kappa shape index (κ1) is 18.0. The van der Waals surface area contributed by atoms with Crippen LogP contribution in [0.1, 0.15) is 37.7 Å². The van der Waals surface area contributed by atoms with E-state index in [2.05, 4.69) is 9.55 Å². The van der Waals surface area contributed by atoms with Gasteiger partial charge in [-0.25, -0.2) is 4.98 Å². The van der Waals surface area contributed by atoms with Crippen molar-refractivity contribution in [3.05, 3.63) is 42.2 Å². The minimum absolute atomic E-state index is 0.269. The Balaban J connectivity index is 1.55. The normalized spacial score (nSPS) is 18.0. The van der Waals surface area contributed by atoms with Crippen molar-refractivity contribution in [3.8, 4) is 11.4 Å². The lowest BCUT2D eigenvalue weighted by atomic mass is 10.1. The minimum atomic E-state index is -4.18. The Morgan fingerprint density at radius 3 is 2.64 bits per heavy atom. The molecule has 1 aromatic carbocycles. The first-order valence-electron chi connectivity index (χ1n) is 8.80. The zero-order valence-electron chi connectivity index (χ0n) is 14.1. The van der Waals surface area contributed by atoms with E-state index in [4.69, 9.17) is 4.74 Å². The molecule has 0 N–H and O–H groups in total. The second kappa shape index (κ2) is 8.04. The summed E-state index contributed by atoms with van der Waals surface area (Å²) in [7, 11) is 0. The molecule has 25 heavy (non-hydrogen) atoms. The van der Waals surface area contributed by atoms with Crippen molar-refractivity contribution in [3.63, 3.8) is 0 Å². The molecule has 0 saturated carbocycles. The fraction of sp³-hybridized carbons (Fsp3) is 0.526. The van der Waals surface area contributed by atoms with Crippen molar-refractivity contribution in [1.82, 2.24) is 9.55 Å². The standard InChI is InChI=1S/C19H23F3N2O/c20-19(21,22)14-15-6-8-16(9-7-15)18-23-10-12-24(18)11-2-1-4-17-5-3-13-25-17/h6-10,12,17H,1-5,11,13-14H2. The molecule has 2 aromatic rings. The highest BCUT2D eigenvalue weighted by Gasteiger charge is 2.27. The Morgan fingerprint density at radius 1 is 1.16 bits per heavy atom. The van der Waals surface area contributed by atoms with Crippen LogP contribution in [0.5, 0.6) is 0 Å². The average molecular weight is 352 g/mol. The Hall–Kier alpha value is -1.82. The van der Waals surface area contributed by atoms with Crippen LogP contribution in [0.2, 0.25) is 0 Å². The van der Waals surface area contributed by atoms with Crippen molar-refractivity contribution < 1.29 is 17.9 Å². The van der Waals surface area contributed by atoms with Gasteiger partial charge in [0.05, 0.1) is 12.5 Å². The van der Waals surface area contributed by atoms with Crippen LogP contribution in [-0.4, -0.2) is 28.4 Å². The molecule has 1 aliphatic heterocycles. The van der Waals surface area contributed by atoms with Crippen LogP contribution in [0.4, 0.5) is 13.2 Å². The third-order valence-electron chi connectivity index (χ3n) is 4.53. The van der Waals surface area contributed by atoms with Gasteiger partial charge in [-0.15, -0.1) is 0 Å². The molecule has 0 amide bonds. The smallest absolute Gasteiger partial charge is 0.378 e. The van der Waals surface area contributed by atoms with Crippen LogP contribution in [0.15, 0.2) is 36.7 Å². The summed E-state index contributed by atoms with van der Waals surface area (Å²) in [5, 5.41) is 0. The van der Waals surface area contributed by atoms with Gasteiger partial charge in [-0.1, -0.05) is 24.3 Å². The summed E-state index contributed by atoms with van der Waals surface area (Å²) < 4.78 is 45.0. The Kier molecular flexibility index (Phi) is 5.78. The summed E-state index contributed by atoms with van der Waals surface area (Å²) in [6.45, 7) is 1.74. The van der Waals surface area contributed by atoms with Gasteiger partial charge in [0.1, 0.15) is 5.82 Å². The SMILES string of the molecule is FC(F)(F)Cc1ccc(-c2nccn2CCCCC2CCCO2)cc1. The number of halogens is 3. The van der Waals surface area contributed by atoms with E-state index < -0.39 is 12.6 Å². The first-order valence-corrected chi connectivity index (χ1v) is 8.80. The molecular weight excluding hydrogens is 329 g/mol. The number of ether oxygens (including phenoxy) is 1. The third-order valence-corrected chi connectivity index (χ3v) is 4.53. The quantitative estimate of drug-likeness (QED) is 0.656. The van der Waals surface area contributed by atoms with Crippen LogP contribution in [0.25, 0.3) is 11.4 Å². The summed E-state index contributed by atoms with van der Waals surface area (Å²) in [6.07, 6.45) is 4.57. The number of nitrogens with zero attached hydrogens (tertiary/aromatic N) is 2. The molecule has 0 bridgehead atoms. The van der Waals surface area contributed by atoms with E-state index >= 15 is 0 Å². The van der Waals surface area contributed by atoms with E-state index in [1.165, 1.54) is 25.0 Å². The fourth-order valence-corrected chi connectivity index (χ4v) is 3.28. The van der Waals surface area contributed by atoms with E-state index in [9.17, 15) is 13.2 Å². The van der Waals surface area contributed by atoms with E-state index in [0.717, 1.165) is 43.8 Å². The Bertz CT molecular complexity index is 658. The van der Waals surface area contributed by atoms with E-state index in [1.807, 2.05) is 6.20 Å².